The normalized spacial score (nSPS) is 12.5. The lowest BCUT2D eigenvalue weighted by Gasteiger charge is -2.40. The smallest absolute Gasteiger partial charge is 0.264 e. The highest BCUT2D eigenvalue weighted by molar-refractivity contribution is 7.85. The standard InChI is InChI=1S/C10H21NO7S/c1-2-9(15)11(4-3-5-19(16,17)18)10(6-12,7-13)8-14/h12-14H,2-8H2,1H3,(H,16,17,18). The molecule has 19 heavy (non-hydrogen) atoms. The first kappa shape index (κ1) is 18.3. The molecule has 0 aromatic heterocycles. The predicted molar refractivity (Wildman–Crippen MR) is 67.0 cm³/mol. The molecule has 0 spiro atoms. The van der Waals surface area contributed by atoms with Crippen LogP contribution in [-0.2, 0) is 14.9 Å². The summed E-state index contributed by atoms with van der Waals surface area (Å²) in [6, 6.07) is 0. The van der Waals surface area contributed by atoms with Crippen LogP contribution < -0.4 is 0 Å². The molecule has 0 aromatic carbocycles. The molecule has 0 saturated carbocycles. The van der Waals surface area contributed by atoms with E-state index in [0.717, 1.165) is 4.90 Å². The average Bonchev–Trinajstić information content (AvgIpc) is 2.37. The van der Waals surface area contributed by atoms with Crippen LogP contribution in [0.4, 0.5) is 0 Å². The van der Waals surface area contributed by atoms with Crippen LogP contribution in [0.1, 0.15) is 19.8 Å². The Labute approximate surface area is 112 Å². The Bertz CT molecular complexity index is 369. The summed E-state index contributed by atoms with van der Waals surface area (Å²) in [5.41, 5.74) is -1.54. The number of nitrogens with zero attached hydrogens (tertiary/aromatic N) is 1. The van der Waals surface area contributed by atoms with Gasteiger partial charge in [0.2, 0.25) is 5.91 Å². The molecule has 0 atom stereocenters. The highest BCUT2D eigenvalue weighted by atomic mass is 32.2. The zero-order chi connectivity index (χ0) is 15.1. The fourth-order valence-corrected chi connectivity index (χ4v) is 2.12. The molecule has 8 nitrogen and oxygen atoms in total. The number of carbonyl (C=O) groups is 1. The first-order valence-electron chi connectivity index (χ1n) is 5.84. The van der Waals surface area contributed by atoms with Crippen LogP contribution in [0.5, 0.6) is 0 Å². The van der Waals surface area contributed by atoms with E-state index in [9.17, 15) is 28.5 Å². The van der Waals surface area contributed by atoms with Crippen LogP contribution in [0.3, 0.4) is 0 Å². The third-order valence-corrected chi connectivity index (χ3v) is 3.65. The van der Waals surface area contributed by atoms with E-state index >= 15 is 0 Å². The number of amides is 1. The summed E-state index contributed by atoms with van der Waals surface area (Å²) in [5, 5.41) is 27.8. The SMILES string of the molecule is CCC(=O)N(CCCS(=O)(=O)O)C(CO)(CO)CO. The summed E-state index contributed by atoms with van der Waals surface area (Å²) in [6.45, 7) is -0.504. The highest BCUT2D eigenvalue weighted by Crippen LogP contribution is 2.16. The lowest BCUT2D eigenvalue weighted by atomic mass is 9.99. The molecule has 0 bridgehead atoms. The molecule has 0 radical (unpaired) electrons. The van der Waals surface area contributed by atoms with Crippen molar-refractivity contribution < 1.29 is 33.1 Å². The van der Waals surface area contributed by atoms with E-state index in [2.05, 4.69) is 0 Å². The quantitative estimate of drug-likeness (QED) is 0.369. The molecular formula is C10H21NO7S. The van der Waals surface area contributed by atoms with Crippen LogP contribution in [-0.4, -0.2) is 76.8 Å². The lowest BCUT2D eigenvalue weighted by Crippen LogP contribution is -2.59. The Kier molecular flexibility index (Phi) is 7.45. The minimum absolute atomic E-state index is 0.0632. The maximum Gasteiger partial charge on any atom is 0.264 e. The number of rotatable bonds is 9. The maximum absolute atomic E-state index is 11.8. The van der Waals surface area contributed by atoms with E-state index in [1.807, 2.05) is 0 Å². The molecular weight excluding hydrogens is 278 g/mol. The second-order valence-corrected chi connectivity index (χ2v) is 5.81. The molecule has 0 heterocycles. The van der Waals surface area contributed by atoms with Gasteiger partial charge in [-0.05, 0) is 6.42 Å². The van der Waals surface area contributed by atoms with Crippen molar-refractivity contribution in [3.05, 3.63) is 0 Å². The fraction of sp³-hybridized carbons (Fsp3) is 0.900. The van der Waals surface area contributed by atoms with Crippen molar-refractivity contribution in [2.24, 2.45) is 0 Å². The Morgan fingerprint density at radius 3 is 1.95 bits per heavy atom. The maximum atomic E-state index is 11.8. The van der Waals surface area contributed by atoms with Crippen LogP contribution in [0, 0.1) is 0 Å². The molecule has 0 aliphatic rings. The third-order valence-electron chi connectivity index (χ3n) is 2.84. The molecule has 0 unspecified atom stereocenters. The fourth-order valence-electron chi connectivity index (χ4n) is 1.63. The summed E-state index contributed by atoms with van der Waals surface area (Å²) >= 11 is 0. The summed E-state index contributed by atoms with van der Waals surface area (Å²) < 4.78 is 29.9. The molecule has 1 amide bonds. The van der Waals surface area contributed by atoms with E-state index in [0.29, 0.717) is 0 Å². The monoisotopic (exact) mass is 299 g/mol. The van der Waals surface area contributed by atoms with Gasteiger partial charge in [0.1, 0.15) is 5.54 Å². The third kappa shape index (κ3) is 5.41. The molecule has 0 aliphatic heterocycles. The molecule has 9 heteroatoms. The highest BCUT2D eigenvalue weighted by Gasteiger charge is 2.37. The van der Waals surface area contributed by atoms with Gasteiger partial charge >= 0.3 is 0 Å². The van der Waals surface area contributed by atoms with E-state index < -0.39 is 47.1 Å². The number of hydrogen-bond donors (Lipinski definition) is 4. The molecule has 0 fully saturated rings. The Balaban J connectivity index is 4.95. The molecule has 114 valence electrons. The van der Waals surface area contributed by atoms with Gasteiger partial charge in [0.15, 0.2) is 0 Å². The van der Waals surface area contributed by atoms with Crippen LogP contribution in [0.15, 0.2) is 0 Å². The summed E-state index contributed by atoms with van der Waals surface area (Å²) in [7, 11) is -4.14. The van der Waals surface area contributed by atoms with Crippen molar-refractivity contribution in [3.8, 4) is 0 Å². The van der Waals surface area contributed by atoms with E-state index in [1.165, 1.54) is 0 Å². The minimum Gasteiger partial charge on any atom is -0.394 e. The van der Waals surface area contributed by atoms with Gasteiger partial charge in [0, 0.05) is 13.0 Å². The van der Waals surface area contributed by atoms with E-state index in [-0.39, 0.29) is 19.4 Å². The largest absolute Gasteiger partial charge is 0.394 e. The second-order valence-electron chi connectivity index (χ2n) is 4.24. The van der Waals surface area contributed by atoms with E-state index in [1.54, 1.807) is 6.92 Å². The van der Waals surface area contributed by atoms with Gasteiger partial charge in [-0.25, -0.2) is 0 Å². The Morgan fingerprint density at radius 1 is 1.16 bits per heavy atom. The molecule has 0 saturated heterocycles. The summed E-state index contributed by atoms with van der Waals surface area (Å²) in [4.78, 5) is 12.8. The van der Waals surface area contributed by atoms with Crippen LogP contribution in [0.25, 0.3) is 0 Å². The van der Waals surface area contributed by atoms with Gasteiger partial charge in [0.05, 0.1) is 25.6 Å². The topological polar surface area (TPSA) is 135 Å². The Morgan fingerprint density at radius 2 is 1.63 bits per heavy atom. The second kappa shape index (κ2) is 7.75. The number of carbonyl (C=O) groups excluding carboxylic acids is 1. The van der Waals surface area contributed by atoms with Gasteiger partial charge in [-0.3, -0.25) is 9.35 Å². The summed E-state index contributed by atoms with van der Waals surface area (Å²) in [5.74, 6) is -0.980. The molecule has 0 aliphatic carbocycles. The predicted octanol–water partition coefficient (Wildman–Crippen LogP) is -1.78. The van der Waals surface area contributed by atoms with Crippen molar-refractivity contribution in [1.82, 2.24) is 4.90 Å². The first-order valence-corrected chi connectivity index (χ1v) is 7.45. The van der Waals surface area contributed by atoms with Crippen molar-refractivity contribution in [1.29, 1.82) is 0 Å². The van der Waals surface area contributed by atoms with Crippen molar-refractivity contribution >= 4 is 16.0 Å². The molecule has 0 aromatic rings. The van der Waals surface area contributed by atoms with Gasteiger partial charge < -0.3 is 20.2 Å². The Hall–Kier alpha value is -0.740. The van der Waals surface area contributed by atoms with Gasteiger partial charge in [0.25, 0.3) is 10.1 Å². The van der Waals surface area contributed by atoms with Crippen molar-refractivity contribution in [2.75, 3.05) is 32.1 Å². The number of aliphatic hydroxyl groups is 3. The van der Waals surface area contributed by atoms with Crippen LogP contribution >= 0.6 is 0 Å². The van der Waals surface area contributed by atoms with Gasteiger partial charge in [-0.1, -0.05) is 6.92 Å². The number of aliphatic hydroxyl groups excluding tert-OH is 3. The van der Waals surface area contributed by atoms with Crippen LogP contribution in [0.2, 0.25) is 0 Å². The lowest BCUT2D eigenvalue weighted by molar-refractivity contribution is -0.145. The average molecular weight is 299 g/mol. The van der Waals surface area contributed by atoms with Gasteiger partial charge in [-0.15, -0.1) is 0 Å². The zero-order valence-corrected chi connectivity index (χ0v) is 11.6. The summed E-state index contributed by atoms with van der Waals surface area (Å²) in [6.07, 6.45) is 0.0138. The van der Waals surface area contributed by atoms with Crippen molar-refractivity contribution in [2.45, 2.75) is 25.3 Å². The van der Waals surface area contributed by atoms with Gasteiger partial charge in [-0.2, -0.15) is 8.42 Å². The zero-order valence-electron chi connectivity index (χ0n) is 10.8. The molecule has 0 rings (SSSR count). The first-order chi connectivity index (χ1) is 8.76. The number of hydrogen-bond acceptors (Lipinski definition) is 6. The van der Waals surface area contributed by atoms with Crippen molar-refractivity contribution in [3.63, 3.8) is 0 Å². The molecule has 4 N–H and O–H groups in total. The van der Waals surface area contributed by atoms with E-state index in [4.69, 9.17) is 4.55 Å². The minimum atomic E-state index is -4.14.